The van der Waals surface area contributed by atoms with E-state index in [2.05, 4.69) is 29.6 Å². The normalized spacial score (nSPS) is 15.1. The van der Waals surface area contributed by atoms with Crippen LogP contribution < -0.4 is 4.74 Å². The second kappa shape index (κ2) is 9.58. The average molecular weight is 370 g/mol. The zero-order valence-corrected chi connectivity index (χ0v) is 16.6. The number of unbranched alkanes of at least 4 members (excludes halogenated alkanes) is 1. The molecule has 0 radical (unpaired) electrons. The first-order chi connectivity index (χ1) is 13.2. The largest absolute Gasteiger partial charge is 0.494 e. The molecule has 1 saturated heterocycles. The highest BCUT2D eigenvalue weighted by Crippen LogP contribution is 2.22. The van der Waals surface area contributed by atoms with Crippen molar-refractivity contribution in [1.29, 1.82) is 0 Å². The summed E-state index contributed by atoms with van der Waals surface area (Å²) in [5, 5.41) is 0. The van der Waals surface area contributed by atoms with E-state index in [1.165, 1.54) is 0 Å². The second-order valence-electron chi connectivity index (χ2n) is 7.31. The van der Waals surface area contributed by atoms with Gasteiger partial charge in [-0.15, -0.1) is 0 Å². The number of hydrogen-bond acceptors (Lipinski definition) is 3. The zero-order chi connectivity index (χ0) is 19.1. The van der Waals surface area contributed by atoms with Gasteiger partial charge < -0.3 is 14.2 Å². The number of carbonyl (C=O) groups is 1. The maximum Gasteiger partial charge on any atom is 0.253 e. The fraction of sp³-hybridized carbons (Fsp3) is 0.545. The summed E-state index contributed by atoms with van der Waals surface area (Å²) < 4.78 is 7.94. The van der Waals surface area contributed by atoms with Gasteiger partial charge in [-0.2, -0.15) is 0 Å². The van der Waals surface area contributed by atoms with Crippen LogP contribution >= 0.6 is 0 Å². The Balaban J connectivity index is 1.49. The first-order valence-corrected chi connectivity index (χ1v) is 10.2. The second-order valence-corrected chi connectivity index (χ2v) is 7.31. The molecule has 1 aliphatic heterocycles. The maximum absolute atomic E-state index is 12.8. The van der Waals surface area contributed by atoms with Gasteiger partial charge in [-0.3, -0.25) is 4.79 Å². The highest BCUT2D eigenvalue weighted by atomic mass is 16.5. The van der Waals surface area contributed by atoms with E-state index in [4.69, 9.17) is 4.74 Å². The Morgan fingerprint density at radius 2 is 1.93 bits per heavy atom. The third-order valence-electron chi connectivity index (χ3n) is 5.34. The molecular formula is C22H31N3O2. The van der Waals surface area contributed by atoms with Crippen LogP contribution in [0.2, 0.25) is 0 Å². The van der Waals surface area contributed by atoms with E-state index < -0.39 is 0 Å². The lowest BCUT2D eigenvalue weighted by atomic mass is 9.96. The number of rotatable bonds is 8. The number of likely N-dealkylation sites (tertiary alicyclic amines) is 1. The number of carbonyl (C=O) groups excluding carboxylic acids is 1. The lowest BCUT2D eigenvalue weighted by molar-refractivity contribution is 0.0682. The Morgan fingerprint density at radius 1 is 1.19 bits per heavy atom. The van der Waals surface area contributed by atoms with Gasteiger partial charge in [0.15, 0.2) is 0 Å². The van der Waals surface area contributed by atoms with Crippen molar-refractivity contribution in [3.63, 3.8) is 0 Å². The minimum Gasteiger partial charge on any atom is -0.494 e. The topological polar surface area (TPSA) is 47.4 Å². The average Bonchev–Trinajstić information content (AvgIpc) is 3.16. The molecule has 0 aliphatic carbocycles. The molecule has 0 unspecified atom stereocenters. The number of amides is 1. The predicted octanol–water partition coefficient (Wildman–Crippen LogP) is 4.18. The number of imidazole rings is 1. The molecule has 1 amide bonds. The molecule has 1 fully saturated rings. The van der Waals surface area contributed by atoms with Crippen molar-refractivity contribution in [2.24, 2.45) is 5.92 Å². The number of nitrogens with zero attached hydrogens (tertiary/aromatic N) is 3. The predicted molar refractivity (Wildman–Crippen MR) is 107 cm³/mol. The van der Waals surface area contributed by atoms with Crippen LogP contribution in [-0.4, -0.2) is 40.1 Å². The van der Waals surface area contributed by atoms with Gasteiger partial charge in [-0.1, -0.05) is 20.3 Å². The summed E-state index contributed by atoms with van der Waals surface area (Å²) in [6.45, 7) is 7.68. The van der Waals surface area contributed by atoms with Crippen molar-refractivity contribution in [2.75, 3.05) is 19.7 Å². The molecule has 0 N–H and O–H groups in total. The number of ether oxygens (including phenoxy) is 1. The van der Waals surface area contributed by atoms with Gasteiger partial charge in [0.1, 0.15) is 11.6 Å². The standard InChI is InChI=1S/C22H31N3O2/c1-3-5-16-27-20-8-6-19(7-9-20)22(26)24-13-10-18(11-14-24)17-25-15-12-23-21(25)4-2/h6-9,12,15,18H,3-5,10-11,13-14,16-17H2,1-2H3. The van der Waals surface area contributed by atoms with Gasteiger partial charge in [0.25, 0.3) is 5.91 Å². The summed E-state index contributed by atoms with van der Waals surface area (Å²) >= 11 is 0. The Morgan fingerprint density at radius 3 is 2.59 bits per heavy atom. The van der Waals surface area contributed by atoms with Crippen molar-refractivity contribution in [2.45, 2.75) is 52.5 Å². The van der Waals surface area contributed by atoms with Crippen molar-refractivity contribution >= 4 is 5.91 Å². The molecule has 1 aromatic carbocycles. The van der Waals surface area contributed by atoms with Crippen LogP contribution in [0.5, 0.6) is 5.75 Å². The molecule has 3 rings (SSSR count). The van der Waals surface area contributed by atoms with Crippen molar-refractivity contribution in [3.05, 3.63) is 48.0 Å². The Hall–Kier alpha value is -2.30. The van der Waals surface area contributed by atoms with Gasteiger partial charge >= 0.3 is 0 Å². The Bertz CT molecular complexity index is 715. The number of benzene rings is 1. The molecule has 1 aromatic heterocycles. The summed E-state index contributed by atoms with van der Waals surface area (Å²) in [7, 11) is 0. The summed E-state index contributed by atoms with van der Waals surface area (Å²) in [4.78, 5) is 19.2. The number of hydrogen-bond donors (Lipinski definition) is 0. The molecular weight excluding hydrogens is 338 g/mol. The number of aryl methyl sites for hydroxylation is 1. The fourth-order valence-corrected chi connectivity index (χ4v) is 3.63. The van der Waals surface area contributed by atoms with Gasteiger partial charge in [-0.05, 0) is 49.4 Å². The van der Waals surface area contributed by atoms with Crippen LogP contribution in [0, 0.1) is 5.92 Å². The minimum atomic E-state index is 0.130. The molecule has 0 atom stereocenters. The monoisotopic (exact) mass is 369 g/mol. The molecule has 0 spiro atoms. The van der Waals surface area contributed by atoms with Crippen LogP contribution in [0.4, 0.5) is 0 Å². The summed E-state index contributed by atoms with van der Waals surface area (Å²) in [5.41, 5.74) is 0.749. The van der Waals surface area contributed by atoms with E-state index in [9.17, 15) is 4.79 Å². The SMILES string of the molecule is CCCCOc1ccc(C(=O)N2CCC(Cn3ccnc3CC)CC2)cc1. The Labute approximate surface area is 162 Å². The lowest BCUT2D eigenvalue weighted by Gasteiger charge is -2.32. The first kappa shape index (κ1) is 19.5. The smallest absolute Gasteiger partial charge is 0.253 e. The molecule has 1 aliphatic rings. The molecule has 2 heterocycles. The fourth-order valence-electron chi connectivity index (χ4n) is 3.63. The summed E-state index contributed by atoms with van der Waals surface area (Å²) in [6.07, 6.45) is 9.17. The quantitative estimate of drug-likeness (QED) is 0.656. The van der Waals surface area contributed by atoms with Gasteiger partial charge in [0, 0.05) is 44.0 Å². The zero-order valence-electron chi connectivity index (χ0n) is 16.6. The maximum atomic E-state index is 12.8. The molecule has 5 heteroatoms. The van der Waals surface area contributed by atoms with E-state index in [1.807, 2.05) is 35.4 Å². The van der Waals surface area contributed by atoms with Crippen molar-refractivity contribution in [3.8, 4) is 5.75 Å². The highest BCUT2D eigenvalue weighted by Gasteiger charge is 2.24. The van der Waals surface area contributed by atoms with Crippen molar-refractivity contribution < 1.29 is 9.53 Å². The van der Waals surface area contributed by atoms with E-state index in [0.717, 1.165) is 75.5 Å². The number of piperidine rings is 1. The van der Waals surface area contributed by atoms with Gasteiger partial charge in [0.2, 0.25) is 0 Å². The third-order valence-corrected chi connectivity index (χ3v) is 5.34. The third kappa shape index (κ3) is 5.12. The van der Waals surface area contributed by atoms with Crippen molar-refractivity contribution in [1.82, 2.24) is 14.5 Å². The van der Waals surface area contributed by atoms with E-state index in [0.29, 0.717) is 5.92 Å². The molecule has 2 aromatic rings. The van der Waals surface area contributed by atoms with Crippen LogP contribution in [-0.2, 0) is 13.0 Å². The van der Waals surface area contributed by atoms with Gasteiger partial charge in [-0.25, -0.2) is 4.98 Å². The van der Waals surface area contributed by atoms with E-state index in [1.54, 1.807) is 0 Å². The summed E-state index contributed by atoms with van der Waals surface area (Å²) in [5.74, 6) is 2.73. The van der Waals surface area contributed by atoms with Crippen LogP contribution in [0.25, 0.3) is 0 Å². The summed E-state index contributed by atoms with van der Waals surface area (Å²) in [6, 6.07) is 7.57. The Kier molecular flexibility index (Phi) is 6.91. The van der Waals surface area contributed by atoms with E-state index in [-0.39, 0.29) is 5.91 Å². The molecule has 27 heavy (non-hydrogen) atoms. The van der Waals surface area contributed by atoms with Crippen LogP contribution in [0.1, 0.15) is 55.7 Å². The lowest BCUT2D eigenvalue weighted by Crippen LogP contribution is -2.39. The first-order valence-electron chi connectivity index (χ1n) is 10.2. The molecule has 0 bridgehead atoms. The van der Waals surface area contributed by atoms with Gasteiger partial charge in [0.05, 0.1) is 6.61 Å². The number of aromatic nitrogens is 2. The highest BCUT2D eigenvalue weighted by molar-refractivity contribution is 5.94. The van der Waals surface area contributed by atoms with Crippen LogP contribution in [0.15, 0.2) is 36.7 Å². The van der Waals surface area contributed by atoms with E-state index >= 15 is 0 Å². The molecule has 146 valence electrons. The molecule has 5 nitrogen and oxygen atoms in total. The van der Waals surface area contributed by atoms with Crippen LogP contribution in [0.3, 0.4) is 0 Å². The minimum absolute atomic E-state index is 0.130. The molecule has 0 saturated carbocycles.